The minimum absolute atomic E-state index is 0.0755. The molecule has 0 spiro atoms. The van der Waals surface area contributed by atoms with Gasteiger partial charge in [-0.15, -0.1) is 11.3 Å². The second kappa shape index (κ2) is 14.1. The van der Waals surface area contributed by atoms with Gasteiger partial charge in [0, 0.05) is 23.5 Å². The van der Waals surface area contributed by atoms with Crippen LogP contribution in [0.3, 0.4) is 0 Å². The minimum Gasteiger partial charge on any atom is -0.384 e. The summed E-state index contributed by atoms with van der Waals surface area (Å²) in [5.41, 5.74) is 0.327. The largest absolute Gasteiger partial charge is 0.416 e. The molecule has 0 bridgehead atoms. The number of aryl methyl sites for hydroxylation is 1. The van der Waals surface area contributed by atoms with Crippen molar-refractivity contribution in [3.05, 3.63) is 98.6 Å². The molecule has 1 aliphatic heterocycles. The average Bonchev–Trinajstić information content (AvgIpc) is 3.45. The van der Waals surface area contributed by atoms with Gasteiger partial charge in [-0.3, -0.25) is 0 Å². The number of likely N-dealkylation sites (tertiary alicyclic amines) is 1. The van der Waals surface area contributed by atoms with E-state index in [2.05, 4.69) is 34.5 Å². The molecule has 4 rings (SSSR count). The van der Waals surface area contributed by atoms with Gasteiger partial charge in [-0.1, -0.05) is 50.3 Å². The molecule has 0 radical (unpaired) electrons. The van der Waals surface area contributed by atoms with Gasteiger partial charge in [0.05, 0.1) is 21.8 Å². The highest BCUT2D eigenvalue weighted by Gasteiger charge is 2.37. The third kappa shape index (κ3) is 8.60. The number of piperidine rings is 1. The van der Waals surface area contributed by atoms with Crippen LogP contribution in [0.25, 0.3) is 0 Å². The van der Waals surface area contributed by atoms with Gasteiger partial charge in [0.1, 0.15) is 0 Å². The van der Waals surface area contributed by atoms with E-state index in [9.17, 15) is 26.3 Å². The zero-order chi connectivity index (χ0) is 30.3. The Kier molecular flexibility index (Phi) is 10.8. The van der Waals surface area contributed by atoms with Crippen LogP contribution in [-0.2, 0) is 25.3 Å². The summed E-state index contributed by atoms with van der Waals surface area (Å²) < 4.78 is 80.6. The number of benzene rings is 2. The van der Waals surface area contributed by atoms with Crippen molar-refractivity contribution in [2.45, 2.75) is 76.7 Å². The first-order chi connectivity index (χ1) is 20.0. The van der Waals surface area contributed by atoms with Gasteiger partial charge in [-0.25, -0.2) is 4.98 Å². The molecule has 1 fully saturated rings. The number of nitrogens with one attached hydrogen (secondary N) is 1. The quantitative estimate of drug-likeness (QED) is 0.220. The monoisotopic (exact) mass is 609 g/mol. The third-order valence-corrected chi connectivity index (χ3v) is 8.78. The molecule has 42 heavy (non-hydrogen) atoms. The highest BCUT2D eigenvalue weighted by atomic mass is 32.1. The summed E-state index contributed by atoms with van der Waals surface area (Å²) in [5.74, 6) is 0.386. The van der Waals surface area contributed by atoms with Crippen molar-refractivity contribution >= 4 is 11.3 Å². The Morgan fingerprint density at radius 2 is 1.64 bits per heavy atom. The molecule has 1 atom stereocenters. The van der Waals surface area contributed by atoms with Crippen molar-refractivity contribution < 1.29 is 26.3 Å². The van der Waals surface area contributed by atoms with Gasteiger partial charge in [-0.2, -0.15) is 26.3 Å². The van der Waals surface area contributed by atoms with Crippen LogP contribution in [0.5, 0.6) is 0 Å². The molecule has 10 heteroatoms. The predicted molar refractivity (Wildman–Crippen MR) is 155 cm³/mol. The Morgan fingerprint density at radius 1 is 1.00 bits per heavy atom. The minimum atomic E-state index is -4.88. The maximum absolute atomic E-state index is 13.4. The summed E-state index contributed by atoms with van der Waals surface area (Å²) in [7, 11) is 0. The van der Waals surface area contributed by atoms with Crippen LogP contribution in [0.4, 0.5) is 26.3 Å². The van der Waals surface area contributed by atoms with E-state index < -0.39 is 23.5 Å². The SMILES string of the molecule is CC/C=C(/NCc1cc(C(F)(F)F)cc(C(F)(F)F)c1)C(CCN1CCC(c2ccccc2)CC1)c1csc(CC)n1. The van der Waals surface area contributed by atoms with E-state index in [0.717, 1.165) is 73.8 Å². The summed E-state index contributed by atoms with van der Waals surface area (Å²) in [5, 5.41) is 6.21. The lowest BCUT2D eigenvalue weighted by atomic mass is 9.89. The number of halogens is 6. The van der Waals surface area contributed by atoms with E-state index in [4.69, 9.17) is 4.98 Å². The van der Waals surface area contributed by atoms with Crippen LogP contribution in [0.2, 0.25) is 0 Å². The van der Waals surface area contributed by atoms with Crippen molar-refractivity contribution in [2.75, 3.05) is 19.6 Å². The Bertz CT molecular complexity index is 1280. The molecule has 2 aromatic carbocycles. The molecule has 0 amide bonds. The van der Waals surface area contributed by atoms with Crippen LogP contribution < -0.4 is 5.32 Å². The number of rotatable bonds is 11. The fraction of sp³-hybridized carbons (Fsp3) is 0.469. The van der Waals surface area contributed by atoms with Crippen molar-refractivity contribution in [1.29, 1.82) is 0 Å². The first-order valence-corrected chi connectivity index (χ1v) is 15.3. The molecule has 0 aliphatic carbocycles. The number of allylic oxidation sites excluding steroid dienone is 2. The fourth-order valence-corrected chi connectivity index (χ4v) is 6.32. The van der Waals surface area contributed by atoms with E-state index in [1.807, 2.05) is 31.4 Å². The molecule has 1 unspecified atom stereocenters. The second-order valence-electron chi connectivity index (χ2n) is 10.7. The first kappa shape index (κ1) is 32.1. The Hall–Kier alpha value is -2.85. The summed E-state index contributed by atoms with van der Waals surface area (Å²) in [6.07, 6.45) is -3.49. The van der Waals surface area contributed by atoms with Crippen LogP contribution >= 0.6 is 11.3 Å². The molecule has 3 nitrogen and oxygen atoms in total. The second-order valence-corrected chi connectivity index (χ2v) is 11.7. The van der Waals surface area contributed by atoms with E-state index in [1.165, 1.54) is 5.56 Å². The Morgan fingerprint density at radius 3 is 2.19 bits per heavy atom. The van der Waals surface area contributed by atoms with Gasteiger partial charge in [-0.05, 0) is 87.0 Å². The van der Waals surface area contributed by atoms with Crippen molar-refractivity contribution in [3.63, 3.8) is 0 Å². The smallest absolute Gasteiger partial charge is 0.384 e. The lowest BCUT2D eigenvalue weighted by molar-refractivity contribution is -0.143. The number of aromatic nitrogens is 1. The molecule has 0 saturated carbocycles. The Labute approximate surface area is 247 Å². The highest BCUT2D eigenvalue weighted by molar-refractivity contribution is 7.09. The molecule has 2 heterocycles. The zero-order valence-electron chi connectivity index (χ0n) is 23.9. The maximum Gasteiger partial charge on any atom is 0.416 e. The van der Waals surface area contributed by atoms with Crippen LogP contribution in [0.1, 0.15) is 84.3 Å². The van der Waals surface area contributed by atoms with Crippen molar-refractivity contribution in [3.8, 4) is 0 Å². The zero-order valence-corrected chi connectivity index (χ0v) is 24.7. The van der Waals surface area contributed by atoms with Crippen molar-refractivity contribution in [2.24, 2.45) is 0 Å². The molecule has 1 aromatic heterocycles. The van der Waals surface area contributed by atoms with Gasteiger partial charge in [0.25, 0.3) is 0 Å². The lowest BCUT2D eigenvalue weighted by Gasteiger charge is -2.33. The first-order valence-electron chi connectivity index (χ1n) is 14.4. The number of hydrogen-bond donors (Lipinski definition) is 1. The van der Waals surface area contributed by atoms with Crippen LogP contribution in [0.15, 0.2) is 65.7 Å². The van der Waals surface area contributed by atoms with Crippen molar-refractivity contribution in [1.82, 2.24) is 15.2 Å². The number of alkyl halides is 6. The van der Waals surface area contributed by atoms with Gasteiger partial charge < -0.3 is 10.2 Å². The number of nitrogens with zero attached hydrogens (tertiary/aromatic N) is 2. The molecule has 228 valence electrons. The normalized spacial score (nSPS) is 16.5. The molecule has 3 aromatic rings. The van der Waals surface area contributed by atoms with E-state index in [0.29, 0.717) is 12.3 Å². The molecule has 1 saturated heterocycles. The molecular formula is C32H37F6N3S. The fourth-order valence-electron chi connectivity index (χ4n) is 5.52. The third-order valence-electron chi connectivity index (χ3n) is 7.77. The summed E-state index contributed by atoms with van der Waals surface area (Å²) >= 11 is 1.57. The maximum atomic E-state index is 13.4. The highest BCUT2D eigenvalue weighted by Crippen LogP contribution is 2.37. The molecule has 1 aliphatic rings. The Balaban J connectivity index is 1.50. The van der Waals surface area contributed by atoms with Gasteiger partial charge in [0.15, 0.2) is 0 Å². The average molecular weight is 610 g/mol. The molecular weight excluding hydrogens is 572 g/mol. The standard InChI is InChI=1S/C32H37F6N3S/c1-3-8-28(39-20-22-17-25(31(33,34)35)19-26(18-22)32(36,37)38)27(29-21-42-30(4-2)40-29)13-16-41-14-11-24(12-15-41)23-9-6-5-7-10-23/h5-10,17-19,21,24,27,39H,3-4,11-16,20H2,1-2H3/b28-8+. The lowest BCUT2D eigenvalue weighted by Crippen LogP contribution is -2.35. The van der Waals surface area contributed by atoms with Gasteiger partial charge >= 0.3 is 12.4 Å². The van der Waals surface area contributed by atoms with E-state index in [1.54, 1.807) is 11.3 Å². The van der Waals surface area contributed by atoms with Crippen LogP contribution in [0, 0.1) is 0 Å². The van der Waals surface area contributed by atoms with E-state index in [-0.39, 0.29) is 24.1 Å². The molecule has 1 N–H and O–H groups in total. The van der Waals surface area contributed by atoms with E-state index >= 15 is 0 Å². The topological polar surface area (TPSA) is 28.2 Å². The summed E-state index contributed by atoms with van der Waals surface area (Å²) in [6, 6.07) is 12.3. The summed E-state index contributed by atoms with van der Waals surface area (Å²) in [4.78, 5) is 7.25. The number of hydrogen-bond acceptors (Lipinski definition) is 4. The predicted octanol–water partition coefficient (Wildman–Crippen LogP) is 9.18. The number of thiazole rings is 1. The van der Waals surface area contributed by atoms with Crippen LogP contribution in [-0.4, -0.2) is 29.5 Å². The summed E-state index contributed by atoms with van der Waals surface area (Å²) in [6.45, 7) is 6.57. The van der Waals surface area contributed by atoms with Gasteiger partial charge in [0.2, 0.25) is 0 Å².